The van der Waals surface area contributed by atoms with E-state index in [1.807, 2.05) is 11.4 Å². The van der Waals surface area contributed by atoms with Gasteiger partial charge in [-0.2, -0.15) is 0 Å². The number of benzene rings is 2. The topological polar surface area (TPSA) is 76.7 Å². The first-order chi connectivity index (χ1) is 13.1. The van der Waals surface area contributed by atoms with Crippen molar-refractivity contribution in [1.82, 2.24) is 0 Å². The van der Waals surface area contributed by atoms with Gasteiger partial charge in [-0.05, 0) is 47.8 Å². The van der Waals surface area contributed by atoms with E-state index < -0.39 is 0 Å². The van der Waals surface area contributed by atoms with Crippen LogP contribution in [0.15, 0.2) is 60.0 Å². The molecular weight excluding hydrogens is 364 g/mol. The van der Waals surface area contributed by atoms with E-state index in [0.29, 0.717) is 33.3 Å². The summed E-state index contributed by atoms with van der Waals surface area (Å²) in [5.41, 5.74) is 1.65. The van der Waals surface area contributed by atoms with E-state index in [1.165, 1.54) is 18.4 Å². The first-order valence-electron chi connectivity index (χ1n) is 8.09. The molecule has 2 amide bonds. The molecule has 0 saturated heterocycles. The summed E-state index contributed by atoms with van der Waals surface area (Å²) in [6.07, 6.45) is 0. The quantitative estimate of drug-likeness (QED) is 0.667. The van der Waals surface area contributed by atoms with Crippen molar-refractivity contribution in [3.05, 3.63) is 70.4 Å². The second-order valence-corrected chi connectivity index (χ2v) is 6.48. The highest BCUT2D eigenvalue weighted by molar-refractivity contribution is 7.12. The van der Waals surface area contributed by atoms with E-state index in [1.54, 1.807) is 55.6 Å². The summed E-state index contributed by atoms with van der Waals surface area (Å²) in [5.74, 6) is 0.565. The molecule has 0 aliphatic carbocycles. The third-order valence-corrected chi connectivity index (χ3v) is 4.67. The fourth-order valence-electron chi connectivity index (χ4n) is 2.42. The molecule has 0 radical (unpaired) electrons. The van der Waals surface area contributed by atoms with Crippen LogP contribution in [0, 0.1) is 0 Å². The average Bonchev–Trinajstić information content (AvgIpc) is 3.24. The number of carbonyl (C=O) groups excluding carboxylic acids is 2. The third kappa shape index (κ3) is 4.45. The van der Waals surface area contributed by atoms with E-state index in [0.717, 1.165) is 0 Å². The Kier molecular flexibility index (Phi) is 5.73. The minimum atomic E-state index is -0.301. The number of hydrogen-bond acceptors (Lipinski definition) is 5. The minimum absolute atomic E-state index is 0.162. The molecule has 6 nitrogen and oxygen atoms in total. The Labute approximate surface area is 160 Å². The number of anilines is 2. The molecule has 138 valence electrons. The maximum Gasteiger partial charge on any atom is 0.265 e. The molecule has 7 heteroatoms. The van der Waals surface area contributed by atoms with Gasteiger partial charge >= 0.3 is 0 Å². The highest BCUT2D eigenvalue weighted by Gasteiger charge is 2.14. The SMILES string of the molecule is COc1ccc(C(=O)Nc2ccc(NC(=O)c3cccs3)cc2)c(OC)c1. The van der Waals surface area contributed by atoms with E-state index in [9.17, 15) is 9.59 Å². The largest absolute Gasteiger partial charge is 0.497 e. The van der Waals surface area contributed by atoms with Gasteiger partial charge in [-0.15, -0.1) is 11.3 Å². The van der Waals surface area contributed by atoms with Crippen molar-refractivity contribution in [3.8, 4) is 11.5 Å². The molecule has 27 heavy (non-hydrogen) atoms. The van der Waals surface area contributed by atoms with Gasteiger partial charge in [0.05, 0.1) is 24.7 Å². The summed E-state index contributed by atoms with van der Waals surface area (Å²) in [6, 6.07) is 15.5. The third-order valence-electron chi connectivity index (χ3n) is 3.80. The van der Waals surface area contributed by atoms with Crippen LogP contribution in [0.5, 0.6) is 11.5 Å². The smallest absolute Gasteiger partial charge is 0.265 e. The molecule has 0 fully saturated rings. The maximum atomic E-state index is 12.5. The zero-order chi connectivity index (χ0) is 19.2. The summed E-state index contributed by atoms with van der Waals surface area (Å²) in [7, 11) is 3.05. The summed E-state index contributed by atoms with van der Waals surface area (Å²) in [6.45, 7) is 0. The molecule has 0 spiro atoms. The predicted octanol–water partition coefficient (Wildman–Crippen LogP) is 4.27. The zero-order valence-corrected chi connectivity index (χ0v) is 15.6. The van der Waals surface area contributed by atoms with Crippen LogP contribution < -0.4 is 20.1 Å². The predicted molar refractivity (Wildman–Crippen MR) is 106 cm³/mol. The molecular formula is C20H18N2O4S. The Morgan fingerprint density at radius 1 is 0.852 bits per heavy atom. The number of hydrogen-bond donors (Lipinski definition) is 2. The summed E-state index contributed by atoms with van der Waals surface area (Å²) >= 11 is 1.38. The molecule has 0 unspecified atom stereocenters. The number of nitrogens with one attached hydrogen (secondary N) is 2. The normalized spacial score (nSPS) is 10.1. The highest BCUT2D eigenvalue weighted by atomic mass is 32.1. The van der Waals surface area contributed by atoms with Gasteiger partial charge in [0.25, 0.3) is 11.8 Å². The number of methoxy groups -OCH3 is 2. The van der Waals surface area contributed by atoms with E-state index >= 15 is 0 Å². The molecule has 0 bridgehead atoms. The molecule has 3 rings (SSSR count). The first kappa shape index (κ1) is 18.5. The Balaban J connectivity index is 1.67. The van der Waals surface area contributed by atoms with Crippen molar-refractivity contribution < 1.29 is 19.1 Å². The molecule has 1 heterocycles. The number of thiophene rings is 1. The van der Waals surface area contributed by atoms with Crippen LogP contribution in [0.4, 0.5) is 11.4 Å². The van der Waals surface area contributed by atoms with Gasteiger partial charge in [-0.25, -0.2) is 0 Å². The standard InChI is InChI=1S/C20H18N2O4S/c1-25-15-9-10-16(17(12-15)26-2)19(23)21-13-5-7-14(8-6-13)22-20(24)18-4-3-11-27-18/h3-12H,1-2H3,(H,21,23)(H,22,24). The zero-order valence-electron chi connectivity index (χ0n) is 14.8. The van der Waals surface area contributed by atoms with Crippen molar-refractivity contribution in [1.29, 1.82) is 0 Å². The average molecular weight is 382 g/mol. The molecule has 1 aromatic heterocycles. The lowest BCUT2D eigenvalue weighted by atomic mass is 10.1. The Hall–Kier alpha value is -3.32. The van der Waals surface area contributed by atoms with Gasteiger partial charge in [0, 0.05) is 17.4 Å². The molecule has 3 aromatic rings. The molecule has 0 atom stereocenters. The van der Waals surface area contributed by atoms with Crippen LogP contribution in [-0.4, -0.2) is 26.0 Å². The van der Waals surface area contributed by atoms with Crippen LogP contribution in [0.1, 0.15) is 20.0 Å². The summed E-state index contributed by atoms with van der Waals surface area (Å²) in [4.78, 5) is 25.2. The molecule has 0 saturated carbocycles. The van der Waals surface area contributed by atoms with E-state index in [4.69, 9.17) is 9.47 Å². The van der Waals surface area contributed by atoms with Crippen molar-refractivity contribution in [2.24, 2.45) is 0 Å². The Morgan fingerprint density at radius 3 is 2.07 bits per heavy atom. The van der Waals surface area contributed by atoms with Gasteiger partial charge in [0.15, 0.2) is 0 Å². The molecule has 2 N–H and O–H groups in total. The van der Waals surface area contributed by atoms with E-state index in [-0.39, 0.29) is 11.8 Å². The van der Waals surface area contributed by atoms with E-state index in [2.05, 4.69) is 10.6 Å². The van der Waals surface area contributed by atoms with Crippen molar-refractivity contribution in [3.63, 3.8) is 0 Å². The number of ether oxygens (including phenoxy) is 2. The van der Waals surface area contributed by atoms with Crippen LogP contribution >= 0.6 is 11.3 Å². The fraction of sp³-hybridized carbons (Fsp3) is 0.100. The second kappa shape index (κ2) is 8.37. The molecule has 0 aliphatic heterocycles. The summed E-state index contributed by atoms with van der Waals surface area (Å²) in [5, 5.41) is 7.47. The highest BCUT2D eigenvalue weighted by Crippen LogP contribution is 2.25. The van der Waals surface area contributed by atoms with Crippen LogP contribution in [0.2, 0.25) is 0 Å². The molecule has 0 aliphatic rings. The number of rotatable bonds is 6. The van der Waals surface area contributed by atoms with Gasteiger partial charge in [-0.3, -0.25) is 9.59 Å². The number of carbonyl (C=O) groups is 2. The van der Waals surface area contributed by atoms with Crippen LogP contribution in [0.3, 0.4) is 0 Å². The monoisotopic (exact) mass is 382 g/mol. The molecule has 2 aromatic carbocycles. The lowest BCUT2D eigenvalue weighted by Crippen LogP contribution is -2.13. The Bertz CT molecular complexity index is 937. The maximum absolute atomic E-state index is 12.5. The van der Waals surface area contributed by atoms with Gasteiger partial charge in [0.1, 0.15) is 11.5 Å². The van der Waals surface area contributed by atoms with Gasteiger partial charge < -0.3 is 20.1 Å². The summed E-state index contributed by atoms with van der Waals surface area (Å²) < 4.78 is 10.4. The Morgan fingerprint density at radius 2 is 1.52 bits per heavy atom. The van der Waals surface area contributed by atoms with Crippen molar-refractivity contribution in [2.75, 3.05) is 24.9 Å². The van der Waals surface area contributed by atoms with Crippen molar-refractivity contribution >= 4 is 34.5 Å². The van der Waals surface area contributed by atoms with Crippen LogP contribution in [-0.2, 0) is 0 Å². The van der Waals surface area contributed by atoms with Crippen LogP contribution in [0.25, 0.3) is 0 Å². The number of amides is 2. The van der Waals surface area contributed by atoms with Gasteiger partial charge in [0.2, 0.25) is 0 Å². The van der Waals surface area contributed by atoms with Gasteiger partial charge in [-0.1, -0.05) is 6.07 Å². The lowest BCUT2D eigenvalue weighted by Gasteiger charge is -2.11. The lowest BCUT2D eigenvalue weighted by molar-refractivity contribution is 0.101. The van der Waals surface area contributed by atoms with Crippen molar-refractivity contribution in [2.45, 2.75) is 0 Å². The first-order valence-corrected chi connectivity index (χ1v) is 8.97. The fourth-order valence-corrected chi connectivity index (χ4v) is 3.04. The minimum Gasteiger partial charge on any atom is -0.497 e. The second-order valence-electron chi connectivity index (χ2n) is 5.53.